The van der Waals surface area contributed by atoms with E-state index in [1.807, 2.05) is 0 Å². The fourth-order valence-corrected chi connectivity index (χ4v) is 0. The Morgan fingerprint density at radius 2 is 0.643 bits per heavy atom. The van der Waals surface area contributed by atoms with Crippen LogP contribution < -0.4 is 12.3 Å². The fraction of sp³-hybridized carbons (Fsp3) is 0. The molecule has 0 aliphatic rings. The van der Waals surface area contributed by atoms with Crippen LogP contribution in [0.1, 0.15) is 0 Å². The zero-order valence-corrected chi connectivity index (χ0v) is 9.67. The van der Waals surface area contributed by atoms with Crippen LogP contribution in [0.25, 0.3) is 0 Å². The van der Waals surface area contributed by atoms with Crippen molar-refractivity contribution in [2.45, 2.75) is 0 Å². The molecule has 14 heteroatoms. The second-order valence-corrected chi connectivity index (χ2v) is 2.45. The molecule has 0 unspecified atom stereocenters. The molecule has 0 rings (SSSR count). The van der Waals surface area contributed by atoms with Crippen molar-refractivity contribution in [3.8, 4) is 0 Å². The van der Waals surface area contributed by atoms with E-state index < -0.39 is 20.8 Å². The normalized spacial score (nSPS) is 8.29. The van der Waals surface area contributed by atoms with E-state index in [0.29, 0.717) is 0 Å². The van der Waals surface area contributed by atoms with Crippen LogP contribution in [0, 0.1) is 0 Å². The average Bonchev–Trinajstić information content (AvgIpc) is 1.12. The van der Waals surface area contributed by atoms with Crippen LogP contribution in [0.15, 0.2) is 0 Å². The van der Waals surface area contributed by atoms with Gasteiger partial charge in [-0.3, -0.25) is 16.8 Å². The van der Waals surface area contributed by atoms with Gasteiger partial charge in [0.05, 0.1) is 0 Å². The molecule has 14 heavy (non-hydrogen) atoms. The summed E-state index contributed by atoms with van der Waals surface area (Å²) in [6.07, 6.45) is 0. The van der Waals surface area contributed by atoms with Gasteiger partial charge in [0, 0.05) is 20.8 Å². The molecule has 0 aromatic carbocycles. The molecule has 0 radical (unpaired) electrons. The van der Waals surface area contributed by atoms with Gasteiger partial charge in [0.15, 0.2) is 0 Å². The van der Waals surface area contributed by atoms with E-state index in [2.05, 4.69) is 0 Å². The Labute approximate surface area is 91.0 Å². The van der Waals surface area contributed by atoms with Crippen molar-refractivity contribution >= 4 is 20.8 Å². The molecule has 0 fully saturated rings. The molecule has 0 aromatic rings. The zero-order valence-electron chi connectivity index (χ0n) is 6.94. The van der Waals surface area contributed by atoms with Crippen LogP contribution >= 0.6 is 0 Å². The van der Waals surface area contributed by atoms with Gasteiger partial charge in [0.1, 0.15) is 0 Å². The summed E-state index contributed by atoms with van der Waals surface area (Å²) >= 11 is 0. The molecule has 0 aliphatic heterocycles. The van der Waals surface area contributed by atoms with Crippen molar-refractivity contribution in [3.05, 3.63) is 0 Å². The molecule has 0 heterocycles. The van der Waals surface area contributed by atoms with Crippen LogP contribution in [0.3, 0.4) is 0 Å². The molecule has 0 amide bonds. The number of quaternary nitrogens is 2. The van der Waals surface area contributed by atoms with E-state index in [-0.39, 0.29) is 34.8 Å². The molecule has 94 valence electrons. The first kappa shape index (κ1) is 36.8. The standard InChI is InChI=1S/Fe.2H3N.2H2O4S.H2O/c;;;2*1-5(2,3)4;/h;2*1H3;2*(H2,1,2,3,4);1H2/q+2;;;;;/p-2. The van der Waals surface area contributed by atoms with Crippen molar-refractivity contribution in [1.82, 2.24) is 12.3 Å². The van der Waals surface area contributed by atoms with Gasteiger partial charge in [-0.15, -0.1) is 0 Å². The summed E-state index contributed by atoms with van der Waals surface area (Å²) in [7, 11) is -10.3. The largest absolute Gasteiger partial charge is 2.00 e. The molecule has 0 spiro atoms. The Hall–Kier alpha value is 0.139. The van der Waals surface area contributed by atoms with Crippen LogP contribution in [-0.2, 0) is 37.9 Å². The van der Waals surface area contributed by atoms with E-state index >= 15 is 0 Å². The van der Waals surface area contributed by atoms with Gasteiger partial charge in [0.25, 0.3) is 0 Å². The summed E-state index contributed by atoms with van der Waals surface area (Å²) < 4.78 is 68.2. The maximum atomic E-state index is 8.52. The zero-order chi connectivity index (χ0) is 9.00. The predicted octanol–water partition coefficient (Wildman–Crippen LogP) is -2.75. The molecular formula is H10FeN2O9S2. The topological polar surface area (TPSA) is 265 Å². The fourth-order valence-electron chi connectivity index (χ4n) is 0. The van der Waals surface area contributed by atoms with Crippen LogP contribution in [0.4, 0.5) is 0 Å². The quantitative estimate of drug-likeness (QED) is 0.268. The van der Waals surface area contributed by atoms with Crippen LogP contribution in [0.2, 0.25) is 0 Å². The average molecular weight is 302 g/mol. The van der Waals surface area contributed by atoms with Gasteiger partial charge in [-0.05, 0) is 0 Å². The molecule has 11 nitrogen and oxygen atoms in total. The summed E-state index contributed by atoms with van der Waals surface area (Å²) in [5.41, 5.74) is 0. The van der Waals surface area contributed by atoms with Crippen molar-refractivity contribution in [2.75, 3.05) is 0 Å². The summed E-state index contributed by atoms with van der Waals surface area (Å²) in [6, 6.07) is 0. The summed E-state index contributed by atoms with van der Waals surface area (Å²) in [6.45, 7) is 0. The summed E-state index contributed by atoms with van der Waals surface area (Å²) in [5, 5.41) is 0. The SMILES string of the molecule is O.O=S(=O)([O-])[O-].O=S(=O)([O-])[O-].[Fe+2].[NH4+].[NH4+]. The van der Waals surface area contributed by atoms with Gasteiger partial charge in [-0.1, -0.05) is 0 Å². The van der Waals surface area contributed by atoms with E-state index in [1.54, 1.807) is 0 Å². The third kappa shape index (κ3) is 77400. The second kappa shape index (κ2) is 13.1. The molecule has 0 bridgehead atoms. The van der Waals surface area contributed by atoms with Crippen molar-refractivity contribution in [2.24, 2.45) is 0 Å². The Morgan fingerprint density at radius 1 is 0.643 bits per heavy atom. The van der Waals surface area contributed by atoms with E-state index in [1.165, 1.54) is 0 Å². The van der Waals surface area contributed by atoms with E-state index in [0.717, 1.165) is 0 Å². The third-order valence-corrected chi connectivity index (χ3v) is 0. The van der Waals surface area contributed by atoms with Crippen LogP contribution in [0.5, 0.6) is 0 Å². The Balaban J connectivity index is -0.0000000178. The number of hydrogen-bond acceptors (Lipinski definition) is 8. The van der Waals surface area contributed by atoms with Gasteiger partial charge < -0.3 is 36.0 Å². The summed E-state index contributed by atoms with van der Waals surface area (Å²) in [5.74, 6) is 0. The molecule has 0 aromatic heterocycles. The first-order valence-corrected chi connectivity index (χ1v) is 4.00. The van der Waals surface area contributed by atoms with Crippen molar-refractivity contribution in [1.29, 1.82) is 0 Å². The monoisotopic (exact) mass is 302 g/mol. The van der Waals surface area contributed by atoms with E-state index in [9.17, 15) is 0 Å². The Kier molecular flexibility index (Phi) is 34.6. The molecular weight excluding hydrogens is 292 g/mol. The minimum absolute atomic E-state index is 0. The molecule has 0 atom stereocenters. The maximum absolute atomic E-state index is 8.52. The molecule has 0 saturated carbocycles. The first-order chi connectivity index (χ1) is 4.00. The van der Waals surface area contributed by atoms with Crippen molar-refractivity contribution in [3.63, 3.8) is 0 Å². The number of rotatable bonds is 0. The molecule has 0 saturated heterocycles. The first-order valence-electron chi connectivity index (χ1n) is 1.33. The predicted molar refractivity (Wildman–Crippen MR) is 36.5 cm³/mol. The Bertz CT molecular complexity index is 217. The summed E-state index contributed by atoms with van der Waals surface area (Å²) in [4.78, 5) is 0. The minimum Gasteiger partial charge on any atom is -0.759 e. The van der Waals surface area contributed by atoms with Gasteiger partial charge in [-0.25, -0.2) is 0 Å². The number of hydrogen-bond donors (Lipinski definition) is 2. The Morgan fingerprint density at radius 3 is 0.643 bits per heavy atom. The third-order valence-electron chi connectivity index (χ3n) is 0. The maximum Gasteiger partial charge on any atom is 2.00 e. The van der Waals surface area contributed by atoms with Gasteiger partial charge >= 0.3 is 17.1 Å². The van der Waals surface area contributed by atoms with Gasteiger partial charge in [-0.2, -0.15) is 0 Å². The smallest absolute Gasteiger partial charge is 0.759 e. The van der Waals surface area contributed by atoms with Crippen LogP contribution in [-0.4, -0.2) is 40.5 Å². The molecule has 0 aliphatic carbocycles. The molecule has 10 N–H and O–H groups in total. The van der Waals surface area contributed by atoms with Gasteiger partial charge in [0.2, 0.25) is 0 Å². The van der Waals surface area contributed by atoms with Crippen molar-refractivity contribution < 1.29 is 57.6 Å². The second-order valence-electron chi connectivity index (χ2n) is 0.816. The minimum atomic E-state index is -5.17. The van der Waals surface area contributed by atoms with E-state index in [4.69, 9.17) is 35.0 Å².